The minimum atomic E-state index is 0.948. The van der Waals surface area contributed by atoms with Crippen LogP contribution >= 0.6 is 0 Å². The first-order valence-electron chi connectivity index (χ1n) is 10.4. The van der Waals surface area contributed by atoms with Gasteiger partial charge in [-0.3, -0.25) is 0 Å². The predicted molar refractivity (Wildman–Crippen MR) is 112 cm³/mol. The van der Waals surface area contributed by atoms with Crippen molar-refractivity contribution in [3.05, 3.63) is 70.8 Å². The van der Waals surface area contributed by atoms with Crippen LogP contribution in [0.15, 0.2) is 48.5 Å². The van der Waals surface area contributed by atoms with Gasteiger partial charge in [-0.25, -0.2) is 0 Å². The van der Waals surface area contributed by atoms with E-state index in [1.807, 2.05) is 0 Å². The van der Waals surface area contributed by atoms with E-state index >= 15 is 0 Å². The van der Waals surface area contributed by atoms with E-state index in [-0.39, 0.29) is 0 Å². The minimum absolute atomic E-state index is 0.948. The van der Waals surface area contributed by atoms with Crippen molar-refractivity contribution >= 4 is 0 Å². The molecule has 0 amide bonds. The average molecular weight is 345 g/mol. The standard InChI is InChI=1S/C26H32/c1-3-4-22-9-11-24(12-10-22)15-16-26-19-17-25(18-20-26)14-13-23-7-5-21(2)6-8-23/h5-8,17-20,22,24H,3-4,9-12,15-16H2,1-2H3. The molecule has 1 aliphatic carbocycles. The Kier molecular flexibility index (Phi) is 6.96. The van der Waals surface area contributed by atoms with Crippen LogP contribution in [0.2, 0.25) is 0 Å². The summed E-state index contributed by atoms with van der Waals surface area (Å²) in [6.07, 6.45) is 11.2. The molecule has 0 heterocycles. The summed E-state index contributed by atoms with van der Waals surface area (Å²) in [6.45, 7) is 4.42. The first-order valence-corrected chi connectivity index (χ1v) is 10.4. The van der Waals surface area contributed by atoms with Crippen LogP contribution in [0.5, 0.6) is 0 Å². The Morgan fingerprint density at radius 1 is 0.731 bits per heavy atom. The average Bonchev–Trinajstić information content (AvgIpc) is 2.68. The second-order valence-electron chi connectivity index (χ2n) is 8.03. The van der Waals surface area contributed by atoms with Gasteiger partial charge < -0.3 is 0 Å². The maximum absolute atomic E-state index is 3.28. The van der Waals surface area contributed by atoms with Crippen LogP contribution in [0, 0.1) is 30.6 Å². The lowest BCUT2D eigenvalue weighted by Crippen LogP contribution is -2.15. The van der Waals surface area contributed by atoms with Gasteiger partial charge in [-0.05, 0) is 61.4 Å². The van der Waals surface area contributed by atoms with Crippen molar-refractivity contribution in [3.8, 4) is 11.8 Å². The fraction of sp³-hybridized carbons (Fsp3) is 0.462. The van der Waals surface area contributed by atoms with Gasteiger partial charge in [0, 0.05) is 11.1 Å². The van der Waals surface area contributed by atoms with E-state index < -0.39 is 0 Å². The maximum Gasteiger partial charge on any atom is 0.0249 e. The van der Waals surface area contributed by atoms with E-state index in [0.29, 0.717) is 0 Å². The van der Waals surface area contributed by atoms with Gasteiger partial charge in [0.15, 0.2) is 0 Å². The highest BCUT2D eigenvalue weighted by molar-refractivity contribution is 5.43. The molecule has 0 spiro atoms. The fourth-order valence-corrected chi connectivity index (χ4v) is 4.12. The lowest BCUT2D eigenvalue weighted by atomic mass is 9.78. The van der Waals surface area contributed by atoms with E-state index in [9.17, 15) is 0 Å². The van der Waals surface area contributed by atoms with Gasteiger partial charge in [-0.2, -0.15) is 0 Å². The highest BCUT2D eigenvalue weighted by Gasteiger charge is 2.20. The quantitative estimate of drug-likeness (QED) is 0.516. The Labute approximate surface area is 160 Å². The lowest BCUT2D eigenvalue weighted by Gasteiger charge is -2.28. The third kappa shape index (κ3) is 5.77. The molecule has 0 aliphatic heterocycles. The SMILES string of the molecule is CCCC1CCC(CCc2ccc(C#Cc3ccc(C)cc3)cc2)CC1. The van der Waals surface area contributed by atoms with Crippen molar-refractivity contribution in [2.75, 3.05) is 0 Å². The second kappa shape index (κ2) is 9.63. The third-order valence-electron chi connectivity index (χ3n) is 5.86. The zero-order valence-corrected chi connectivity index (χ0v) is 16.4. The molecule has 26 heavy (non-hydrogen) atoms. The second-order valence-corrected chi connectivity index (χ2v) is 8.03. The first kappa shape index (κ1) is 18.8. The number of hydrogen-bond donors (Lipinski definition) is 0. The van der Waals surface area contributed by atoms with Crippen molar-refractivity contribution in [2.45, 2.75) is 65.2 Å². The van der Waals surface area contributed by atoms with Crippen LogP contribution in [0.4, 0.5) is 0 Å². The number of benzene rings is 2. The van der Waals surface area contributed by atoms with Crippen molar-refractivity contribution in [2.24, 2.45) is 11.8 Å². The molecule has 136 valence electrons. The van der Waals surface area contributed by atoms with Gasteiger partial charge in [-0.1, -0.05) is 87.1 Å². The van der Waals surface area contributed by atoms with Gasteiger partial charge >= 0.3 is 0 Å². The normalized spacial score (nSPS) is 19.6. The molecule has 2 aromatic rings. The molecule has 0 heteroatoms. The zero-order chi connectivity index (χ0) is 18.2. The van der Waals surface area contributed by atoms with Crippen LogP contribution < -0.4 is 0 Å². The minimum Gasteiger partial charge on any atom is -0.0654 e. The van der Waals surface area contributed by atoms with Crippen molar-refractivity contribution < 1.29 is 0 Å². The summed E-state index contributed by atoms with van der Waals surface area (Å²) < 4.78 is 0. The van der Waals surface area contributed by atoms with Crippen LogP contribution in [0.1, 0.15) is 74.1 Å². The molecule has 0 N–H and O–H groups in total. The Bertz CT molecular complexity index is 716. The van der Waals surface area contributed by atoms with Gasteiger partial charge in [-0.15, -0.1) is 0 Å². The van der Waals surface area contributed by atoms with Crippen LogP contribution in [0.25, 0.3) is 0 Å². The number of hydrogen-bond acceptors (Lipinski definition) is 0. The summed E-state index contributed by atoms with van der Waals surface area (Å²) in [5.74, 6) is 8.50. The number of rotatable bonds is 5. The highest BCUT2D eigenvalue weighted by atomic mass is 14.3. The molecule has 0 aromatic heterocycles. The summed E-state index contributed by atoms with van der Waals surface area (Å²) in [5.41, 5.74) is 4.92. The summed E-state index contributed by atoms with van der Waals surface area (Å²) in [4.78, 5) is 0. The van der Waals surface area contributed by atoms with E-state index in [2.05, 4.69) is 74.2 Å². The van der Waals surface area contributed by atoms with E-state index in [0.717, 1.165) is 23.0 Å². The molecule has 1 fully saturated rings. The van der Waals surface area contributed by atoms with Crippen LogP contribution in [0.3, 0.4) is 0 Å². The summed E-state index contributed by atoms with van der Waals surface area (Å²) in [7, 11) is 0. The molecule has 0 bridgehead atoms. The summed E-state index contributed by atoms with van der Waals surface area (Å²) in [6, 6.07) is 17.3. The molecular formula is C26H32. The van der Waals surface area contributed by atoms with Crippen molar-refractivity contribution in [1.29, 1.82) is 0 Å². The van der Waals surface area contributed by atoms with E-state index in [4.69, 9.17) is 0 Å². The smallest absolute Gasteiger partial charge is 0.0249 e. The Balaban J connectivity index is 1.47. The zero-order valence-electron chi connectivity index (χ0n) is 16.4. The van der Waals surface area contributed by atoms with Crippen LogP contribution in [-0.2, 0) is 6.42 Å². The Morgan fingerprint density at radius 2 is 1.23 bits per heavy atom. The molecular weight excluding hydrogens is 312 g/mol. The molecule has 0 saturated heterocycles. The molecule has 3 rings (SSSR count). The van der Waals surface area contributed by atoms with Crippen molar-refractivity contribution in [1.82, 2.24) is 0 Å². The number of aryl methyl sites for hydroxylation is 2. The predicted octanol–water partition coefficient (Wildman–Crippen LogP) is 6.93. The molecule has 1 saturated carbocycles. The lowest BCUT2D eigenvalue weighted by molar-refractivity contribution is 0.252. The first-order chi connectivity index (χ1) is 12.7. The monoisotopic (exact) mass is 344 g/mol. The maximum atomic E-state index is 3.28. The molecule has 0 nitrogen and oxygen atoms in total. The highest BCUT2D eigenvalue weighted by Crippen LogP contribution is 2.33. The molecule has 1 aliphatic rings. The van der Waals surface area contributed by atoms with Gasteiger partial charge in [0.2, 0.25) is 0 Å². The largest absolute Gasteiger partial charge is 0.0654 e. The molecule has 0 unspecified atom stereocenters. The Hall–Kier alpha value is -2.00. The molecule has 2 aromatic carbocycles. The summed E-state index contributed by atoms with van der Waals surface area (Å²) >= 11 is 0. The van der Waals surface area contributed by atoms with E-state index in [1.165, 1.54) is 62.5 Å². The fourth-order valence-electron chi connectivity index (χ4n) is 4.12. The Morgan fingerprint density at radius 3 is 1.77 bits per heavy atom. The van der Waals surface area contributed by atoms with Gasteiger partial charge in [0.25, 0.3) is 0 Å². The summed E-state index contributed by atoms with van der Waals surface area (Å²) in [5, 5.41) is 0. The van der Waals surface area contributed by atoms with Gasteiger partial charge in [0.05, 0.1) is 0 Å². The molecule has 0 atom stereocenters. The van der Waals surface area contributed by atoms with Crippen molar-refractivity contribution in [3.63, 3.8) is 0 Å². The van der Waals surface area contributed by atoms with Crippen LogP contribution in [-0.4, -0.2) is 0 Å². The topological polar surface area (TPSA) is 0 Å². The van der Waals surface area contributed by atoms with E-state index in [1.54, 1.807) is 0 Å². The molecule has 0 radical (unpaired) electrons. The van der Waals surface area contributed by atoms with Gasteiger partial charge in [0.1, 0.15) is 0 Å². The third-order valence-corrected chi connectivity index (χ3v) is 5.86.